The summed E-state index contributed by atoms with van der Waals surface area (Å²) in [6.07, 6.45) is 0.837. The van der Waals surface area contributed by atoms with E-state index in [1.54, 1.807) is 0 Å². The van der Waals surface area contributed by atoms with Crippen LogP contribution in [0.15, 0.2) is 0 Å². The minimum Gasteiger partial charge on any atom is -0.464 e. The Bertz CT molecular complexity index is 310. The van der Waals surface area contributed by atoms with Crippen LogP contribution >= 0.6 is 0 Å². The van der Waals surface area contributed by atoms with Crippen molar-refractivity contribution < 1.29 is 9.53 Å². The molecule has 0 bridgehead atoms. The maximum Gasteiger partial charge on any atom is 0.312 e. The Kier molecular flexibility index (Phi) is 6.73. The summed E-state index contributed by atoms with van der Waals surface area (Å²) in [6, 6.07) is 0. The van der Waals surface area contributed by atoms with Gasteiger partial charge in [-0.2, -0.15) is 0 Å². The first-order valence-corrected chi connectivity index (χ1v) is 7.70. The van der Waals surface area contributed by atoms with Crippen molar-refractivity contribution in [1.82, 2.24) is 5.32 Å². The predicted octanol–water partition coefficient (Wildman–Crippen LogP) is 4.02. The third-order valence-corrected chi connectivity index (χ3v) is 3.63. The fourth-order valence-electron chi connectivity index (χ4n) is 2.35. The standard InChI is InChI=1S/C17H35NO2/c1-13(2)17(9,12-15(3,4)5)14(19)20-11-10-18-16(6,7)8/h13,18H,10-12H2,1-9H3. The van der Waals surface area contributed by atoms with Crippen molar-refractivity contribution in [3.05, 3.63) is 0 Å². The van der Waals surface area contributed by atoms with Crippen LogP contribution in [0.4, 0.5) is 0 Å². The van der Waals surface area contributed by atoms with Gasteiger partial charge in [-0.05, 0) is 45.4 Å². The molecule has 0 aromatic rings. The Morgan fingerprint density at radius 3 is 1.90 bits per heavy atom. The van der Waals surface area contributed by atoms with Gasteiger partial charge in [0, 0.05) is 12.1 Å². The van der Waals surface area contributed by atoms with E-state index in [4.69, 9.17) is 4.74 Å². The summed E-state index contributed by atoms with van der Waals surface area (Å²) in [5.41, 5.74) is -0.249. The van der Waals surface area contributed by atoms with E-state index in [1.165, 1.54) is 0 Å². The van der Waals surface area contributed by atoms with Crippen LogP contribution in [-0.4, -0.2) is 24.7 Å². The van der Waals surface area contributed by atoms with Crippen molar-refractivity contribution in [3.8, 4) is 0 Å². The number of carbonyl (C=O) groups is 1. The summed E-state index contributed by atoms with van der Waals surface area (Å²) in [6.45, 7) is 20.2. The SMILES string of the molecule is CC(C)C(C)(CC(C)(C)C)C(=O)OCCNC(C)(C)C. The summed E-state index contributed by atoms with van der Waals surface area (Å²) in [5, 5.41) is 3.33. The molecule has 0 saturated heterocycles. The molecule has 0 amide bonds. The number of ether oxygens (including phenoxy) is 1. The Labute approximate surface area is 125 Å². The van der Waals surface area contributed by atoms with E-state index in [9.17, 15) is 4.79 Å². The average molecular weight is 285 g/mol. The fraction of sp³-hybridized carbons (Fsp3) is 0.941. The van der Waals surface area contributed by atoms with Gasteiger partial charge in [-0.1, -0.05) is 34.6 Å². The van der Waals surface area contributed by atoms with Crippen molar-refractivity contribution in [3.63, 3.8) is 0 Å². The highest BCUT2D eigenvalue weighted by Gasteiger charge is 2.41. The van der Waals surface area contributed by atoms with Gasteiger partial charge in [0.05, 0.1) is 5.41 Å². The second-order valence-electron chi connectivity index (χ2n) is 8.62. The number of hydrogen-bond acceptors (Lipinski definition) is 3. The van der Waals surface area contributed by atoms with Gasteiger partial charge in [-0.25, -0.2) is 0 Å². The zero-order valence-corrected chi connectivity index (χ0v) is 15.0. The maximum atomic E-state index is 12.5. The zero-order valence-electron chi connectivity index (χ0n) is 15.0. The van der Waals surface area contributed by atoms with E-state index in [-0.39, 0.29) is 22.8 Å². The number of hydrogen-bond donors (Lipinski definition) is 1. The Balaban J connectivity index is 4.52. The molecule has 1 N–H and O–H groups in total. The molecule has 0 spiro atoms. The topological polar surface area (TPSA) is 38.3 Å². The number of esters is 1. The van der Waals surface area contributed by atoms with Crippen LogP contribution in [0, 0.1) is 16.7 Å². The first-order chi connectivity index (χ1) is 8.78. The first-order valence-electron chi connectivity index (χ1n) is 7.70. The molecule has 0 saturated carbocycles. The second-order valence-corrected chi connectivity index (χ2v) is 8.62. The normalized spacial score (nSPS) is 16.1. The van der Waals surface area contributed by atoms with Crippen LogP contribution in [0.1, 0.15) is 68.7 Å². The van der Waals surface area contributed by atoms with Crippen LogP contribution < -0.4 is 5.32 Å². The second kappa shape index (κ2) is 6.93. The van der Waals surface area contributed by atoms with Crippen LogP contribution in [-0.2, 0) is 9.53 Å². The summed E-state index contributed by atoms with van der Waals surface area (Å²) in [5.74, 6) is 0.197. The Morgan fingerprint density at radius 2 is 1.55 bits per heavy atom. The molecular weight excluding hydrogens is 250 g/mol. The van der Waals surface area contributed by atoms with E-state index in [0.29, 0.717) is 13.2 Å². The molecule has 3 nitrogen and oxygen atoms in total. The highest BCUT2D eigenvalue weighted by atomic mass is 16.5. The molecule has 0 radical (unpaired) electrons. The molecule has 20 heavy (non-hydrogen) atoms. The molecule has 1 unspecified atom stereocenters. The van der Waals surface area contributed by atoms with Crippen molar-refractivity contribution in [2.24, 2.45) is 16.7 Å². The molecule has 0 fully saturated rings. The predicted molar refractivity (Wildman–Crippen MR) is 85.7 cm³/mol. The van der Waals surface area contributed by atoms with Gasteiger partial charge in [-0.15, -0.1) is 0 Å². The zero-order chi connectivity index (χ0) is 16.2. The van der Waals surface area contributed by atoms with Gasteiger partial charge >= 0.3 is 5.97 Å². The lowest BCUT2D eigenvalue weighted by Gasteiger charge is -2.37. The molecule has 0 aliphatic rings. The third kappa shape index (κ3) is 7.28. The van der Waals surface area contributed by atoms with Crippen molar-refractivity contribution in [2.75, 3.05) is 13.2 Å². The van der Waals surface area contributed by atoms with Gasteiger partial charge in [-0.3, -0.25) is 4.79 Å². The molecule has 0 rings (SSSR count). The average Bonchev–Trinajstić information content (AvgIpc) is 2.19. The molecule has 0 aliphatic carbocycles. The maximum absolute atomic E-state index is 12.5. The highest BCUT2D eigenvalue weighted by Crippen LogP contribution is 2.40. The molecular formula is C17H35NO2. The Morgan fingerprint density at radius 1 is 1.05 bits per heavy atom. The molecule has 3 heteroatoms. The summed E-state index contributed by atoms with van der Waals surface area (Å²) in [4.78, 5) is 12.5. The monoisotopic (exact) mass is 285 g/mol. The minimum atomic E-state index is -0.417. The molecule has 0 aromatic heterocycles. The largest absolute Gasteiger partial charge is 0.464 e. The lowest BCUT2D eigenvalue weighted by Crippen LogP contribution is -2.41. The van der Waals surface area contributed by atoms with Gasteiger partial charge in [0.2, 0.25) is 0 Å². The van der Waals surface area contributed by atoms with Crippen molar-refractivity contribution >= 4 is 5.97 Å². The Hall–Kier alpha value is -0.570. The van der Waals surface area contributed by atoms with E-state index >= 15 is 0 Å². The van der Waals surface area contributed by atoms with E-state index in [0.717, 1.165) is 6.42 Å². The number of carbonyl (C=O) groups excluding carboxylic acids is 1. The lowest BCUT2D eigenvalue weighted by molar-refractivity contribution is -0.160. The fourth-order valence-corrected chi connectivity index (χ4v) is 2.35. The van der Waals surface area contributed by atoms with Gasteiger partial charge < -0.3 is 10.1 Å². The van der Waals surface area contributed by atoms with Crippen LogP contribution in [0.3, 0.4) is 0 Å². The molecule has 1 atom stereocenters. The summed E-state index contributed by atoms with van der Waals surface area (Å²) in [7, 11) is 0. The van der Waals surface area contributed by atoms with Gasteiger partial charge in [0.1, 0.15) is 6.61 Å². The first kappa shape index (κ1) is 19.4. The third-order valence-electron chi connectivity index (χ3n) is 3.63. The van der Waals surface area contributed by atoms with Crippen LogP contribution in [0.25, 0.3) is 0 Å². The van der Waals surface area contributed by atoms with E-state index in [2.05, 4.69) is 60.7 Å². The van der Waals surface area contributed by atoms with Crippen LogP contribution in [0.2, 0.25) is 0 Å². The van der Waals surface area contributed by atoms with Gasteiger partial charge in [0.15, 0.2) is 0 Å². The van der Waals surface area contributed by atoms with E-state index < -0.39 is 5.41 Å². The number of rotatable bonds is 6. The van der Waals surface area contributed by atoms with Crippen LogP contribution in [0.5, 0.6) is 0 Å². The summed E-state index contributed by atoms with van der Waals surface area (Å²) < 4.78 is 5.51. The van der Waals surface area contributed by atoms with Crippen molar-refractivity contribution in [2.45, 2.75) is 74.3 Å². The minimum absolute atomic E-state index is 0.0547. The highest BCUT2D eigenvalue weighted by molar-refractivity contribution is 5.76. The summed E-state index contributed by atoms with van der Waals surface area (Å²) >= 11 is 0. The lowest BCUT2D eigenvalue weighted by atomic mass is 9.69. The smallest absolute Gasteiger partial charge is 0.312 e. The molecule has 0 aliphatic heterocycles. The number of nitrogens with one attached hydrogen (secondary N) is 1. The van der Waals surface area contributed by atoms with Crippen molar-refractivity contribution in [1.29, 1.82) is 0 Å². The van der Waals surface area contributed by atoms with Gasteiger partial charge in [0.25, 0.3) is 0 Å². The molecule has 0 aromatic carbocycles. The molecule has 120 valence electrons. The quantitative estimate of drug-likeness (QED) is 0.592. The van der Waals surface area contributed by atoms with E-state index in [1.807, 2.05) is 6.92 Å². The molecule has 0 heterocycles.